The molecule has 0 radical (unpaired) electrons. The van der Waals surface area contributed by atoms with E-state index in [1.807, 2.05) is 25.7 Å². The zero-order chi connectivity index (χ0) is 50.6. The Bertz CT molecular complexity index is 2880. The number of halogens is 3. The largest absolute Gasteiger partial charge is 0.309 e. The van der Waals surface area contributed by atoms with Crippen molar-refractivity contribution in [3.05, 3.63) is 87.9 Å². The molecule has 0 bridgehead atoms. The summed E-state index contributed by atoms with van der Waals surface area (Å²) in [5.74, 6) is -0.687. The van der Waals surface area contributed by atoms with Crippen LogP contribution in [-0.2, 0) is 59.0 Å². The van der Waals surface area contributed by atoms with Crippen LogP contribution in [0.25, 0.3) is 0 Å². The van der Waals surface area contributed by atoms with Crippen molar-refractivity contribution in [1.82, 2.24) is 15.1 Å². The molecule has 68 heavy (non-hydrogen) atoms. The van der Waals surface area contributed by atoms with Gasteiger partial charge in [0.1, 0.15) is 0 Å². The van der Waals surface area contributed by atoms with E-state index in [-0.39, 0.29) is 55.2 Å². The number of sulfone groups is 6. The van der Waals surface area contributed by atoms with Gasteiger partial charge in [0.05, 0.1) is 65.0 Å². The number of unbranched alkanes of at least 4 members (excludes halogenated alkanes) is 1. The summed E-state index contributed by atoms with van der Waals surface area (Å²) in [5.41, 5.74) is 0. The summed E-state index contributed by atoms with van der Waals surface area (Å²) in [4.78, 5) is 4.29. The van der Waals surface area contributed by atoms with Crippen LogP contribution in [0.5, 0.6) is 0 Å². The minimum atomic E-state index is -3.73. The zero-order valence-corrected chi connectivity index (χ0v) is 45.8. The van der Waals surface area contributed by atoms with Crippen LogP contribution in [-0.4, -0.2) is 161 Å². The van der Waals surface area contributed by atoms with E-state index in [2.05, 4.69) is 17.1 Å². The molecular weight excluding hydrogens is 1060 g/mol. The van der Waals surface area contributed by atoms with E-state index in [0.717, 1.165) is 38.8 Å². The lowest BCUT2D eigenvalue weighted by Gasteiger charge is -2.36. The van der Waals surface area contributed by atoms with Gasteiger partial charge in [-0.15, -0.1) is 0 Å². The monoisotopic (exact) mass is 1120 g/mol. The molecule has 0 saturated carbocycles. The molecule has 4 aliphatic rings. The second kappa shape index (κ2) is 22.9. The predicted molar refractivity (Wildman–Crippen MR) is 270 cm³/mol. The minimum Gasteiger partial charge on any atom is -0.309 e. The van der Waals surface area contributed by atoms with E-state index in [0.29, 0.717) is 27.5 Å². The first kappa shape index (κ1) is 57.0. The van der Waals surface area contributed by atoms with E-state index >= 15 is 0 Å². The number of rotatable bonds is 13. The number of hydrogen-bond acceptors (Lipinski definition) is 15. The summed E-state index contributed by atoms with van der Waals surface area (Å²) < 4.78 is 149. The second-order valence-corrected chi connectivity index (χ2v) is 32.7. The van der Waals surface area contributed by atoms with Gasteiger partial charge >= 0.3 is 0 Å². The van der Waals surface area contributed by atoms with Gasteiger partial charge in [0.25, 0.3) is 0 Å². The fourth-order valence-corrected chi connectivity index (χ4v) is 23.8. The molecule has 3 aromatic rings. The van der Waals surface area contributed by atoms with Gasteiger partial charge in [-0.05, 0) is 125 Å². The van der Waals surface area contributed by atoms with Crippen molar-refractivity contribution in [2.45, 2.75) is 108 Å². The maximum Gasteiger partial charge on any atom is 0.183 e. The van der Waals surface area contributed by atoms with Crippen LogP contribution < -0.4 is 5.32 Å². The molecule has 382 valence electrons. The van der Waals surface area contributed by atoms with E-state index < -0.39 is 92.9 Å². The number of nitrogens with one attached hydrogen (secondary N) is 1. The van der Waals surface area contributed by atoms with Crippen LogP contribution in [0.3, 0.4) is 0 Å². The predicted octanol–water partition coefficient (Wildman–Crippen LogP) is 5.30. The highest BCUT2D eigenvalue weighted by Gasteiger charge is 2.50. The third-order valence-corrected chi connectivity index (χ3v) is 25.9. The molecule has 0 aliphatic carbocycles. The van der Waals surface area contributed by atoms with Crippen molar-refractivity contribution in [3.8, 4) is 0 Å². The fraction of sp³-hybridized carbons (Fsp3) is 0.591. The molecule has 6 atom stereocenters. The molecule has 0 amide bonds. The van der Waals surface area contributed by atoms with E-state index in [1.54, 1.807) is 7.05 Å². The molecule has 4 heterocycles. The van der Waals surface area contributed by atoms with Crippen molar-refractivity contribution in [3.63, 3.8) is 0 Å². The van der Waals surface area contributed by atoms with Gasteiger partial charge < -0.3 is 10.2 Å². The lowest BCUT2D eigenvalue weighted by atomic mass is 9.98. The standard InChI is InChI=1S/C16H22ClNO4S2.C15H22ClNO4S2.C13H18ClNO4S2/c1-12-6-8-18(9-7-12)15-10-23(19,20)11-16(15)24(21,22)14-4-2-13(17)3-5-14;1-3-4-9-17(2)14-10-22(18,19)11-15(14)23(20,21)13-7-5-12(16)6-8-13;1-9(2)15-12-7-20(16,17)8-13(12)21(18,19)11-5-3-10(14)4-6-11/h2-5,12,15-16H,6-11H2,1H3;5-8,14-15H,3-4,9-11H2,1-2H3;3-6,9,12-13,15H,7-8H2,1-2H3/t15-,16-;14-,15-;12-,13-/m000/s1. The number of hydrogen-bond donors (Lipinski definition) is 1. The summed E-state index contributed by atoms with van der Waals surface area (Å²) in [7, 11) is -19.4. The maximum atomic E-state index is 13.0. The molecule has 7 rings (SSSR count). The molecule has 4 fully saturated rings. The summed E-state index contributed by atoms with van der Waals surface area (Å²) in [6, 6.07) is 16.1. The summed E-state index contributed by atoms with van der Waals surface area (Å²) in [5, 5.41) is 1.58. The number of benzene rings is 3. The van der Waals surface area contributed by atoms with Gasteiger partial charge in [0.15, 0.2) is 59.0 Å². The molecular formula is C44H62Cl3N3O12S6. The lowest BCUT2D eigenvalue weighted by Crippen LogP contribution is -2.49. The number of nitrogens with zero attached hydrogens (tertiary/aromatic N) is 2. The Morgan fingerprint density at radius 2 is 0.985 bits per heavy atom. The maximum absolute atomic E-state index is 13.0. The first-order chi connectivity index (χ1) is 31.5. The molecule has 3 aromatic carbocycles. The van der Waals surface area contributed by atoms with Crippen LogP contribution in [0.2, 0.25) is 15.1 Å². The molecule has 1 N–H and O–H groups in total. The Balaban J connectivity index is 0.000000191. The van der Waals surface area contributed by atoms with Crippen LogP contribution >= 0.6 is 34.8 Å². The molecule has 24 heteroatoms. The highest BCUT2D eigenvalue weighted by Crippen LogP contribution is 2.33. The third kappa shape index (κ3) is 14.6. The van der Waals surface area contributed by atoms with Crippen LogP contribution in [0.15, 0.2) is 87.5 Å². The van der Waals surface area contributed by atoms with Crippen molar-refractivity contribution in [2.75, 3.05) is 61.2 Å². The second-order valence-electron chi connectivity index (χ2n) is 18.5. The van der Waals surface area contributed by atoms with E-state index in [4.69, 9.17) is 34.8 Å². The average molecular weight is 1120 g/mol. The number of piperidine rings is 1. The minimum absolute atomic E-state index is 0.00576. The Labute approximate surface area is 419 Å². The molecule has 0 unspecified atom stereocenters. The Hall–Kier alpha value is -1.89. The van der Waals surface area contributed by atoms with E-state index in [9.17, 15) is 50.5 Å². The van der Waals surface area contributed by atoms with Crippen molar-refractivity contribution < 1.29 is 50.5 Å². The van der Waals surface area contributed by atoms with Crippen molar-refractivity contribution in [2.24, 2.45) is 5.92 Å². The summed E-state index contributed by atoms with van der Waals surface area (Å²) in [6.45, 7) is 10.1. The first-order valence-electron chi connectivity index (χ1n) is 22.3. The van der Waals surface area contributed by atoms with Gasteiger partial charge in [-0.25, -0.2) is 50.5 Å². The Morgan fingerprint density at radius 3 is 1.43 bits per heavy atom. The zero-order valence-electron chi connectivity index (χ0n) is 38.6. The first-order valence-corrected chi connectivity index (χ1v) is 33.5. The van der Waals surface area contributed by atoms with Gasteiger partial charge in [-0.1, -0.05) is 68.9 Å². The topological polar surface area (TPSA) is 223 Å². The van der Waals surface area contributed by atoms with Gasteiger partial charge in [-0.2, -0.15) is 0 Å². The number of likely N-dealkylation sites (tertiary alicyclic amines) is 1. The van der Waals surface area contributed by atoms with E-state index in [1.165, 1.54) is 72.8 Å². The average Bonchev–Trinajstić information content (AvgIpc) is 3.89. The summed E-state index contributed by atoms with van der Waals surface area (Å²) >= 11 is 17.4. The van der Waals surface area contributed by atoms with Crippen LogP contribution in [0.4, 0.5) is 0 Å². The lowest BCUT2D eigenvalue weighted by molar-refractivity contribution is 0.151. The summed E-state index contributed by atoms with van der Waals surface area (Å²) in [6.07, 6.45) is 3.83. The molecule has 4 aliphatic heterocycles. The highest BCUT2D eigenvalue weighted by molar-refractivity contribution is 7.97. The Kier molecular flexibility index (Phi) is 19.2. The smallest absolute Gasteiger partial charge is 0.183 e. The van der Waals surface area contributed by atoms with Crippen LogP contribution in [0, 0.1) is 5.92 Å². The van der Waals surface area contributed by atoms with Gasteiger partial charge in [-0.3, -0.25) is 4.90 Å². The Morgan fingerprint density at radius 1 is 0.603 bits per heavy atom. The van der Waals surface area contributed by atoms with Crippen molar-refractivity contribution >= 4 is 93.8 Å². The highest BCUT2D eigenvalue weighted by atomic mass is 35.5. The third-order valence-electron chi connectivity index (χ3n) is 12.7. The van der Waals surface area contributed by atoms with Gasteiger partial charge in [0, 0.05) is 39.2 Å². The normalized spacial score (nSPS) is 26.2. The molecule has 4 saturated heterocycles. The quantitative estimate of drug-likeness (QED) is 0.229. The SMILES string of the molecule is CC(C)N[C@H]1CS(=O)(=O)C[C@@H]1S(=O)(=O)c1ccc(Cl)cc1.CC1CCN([C@H]2CS(=O)(=O)C[C@@H]2S(=O)(=O)c2ccc(Cl)cc2)CC1.CCCCN(C)[C@H]1CS(=O)(=O)C[C@@H]1S(=O)(=O)c1ccc(Cl)cc1. The molecule has 0 aromatic heterocycles. The van der Waals surface area contributed by atoms with Gasteiger partial charge in [0.2, 0.25) is 0 Å². The molecule has 15 nitrogen and oxygen atoms in total. The van der Waals surface area contributed by atoms with Crippen LogP contribution in [0.1, 0.15) is 53.4 Å². The van der Waals surface area contributed by atoms with Crippen molar-refractivity contribution in [1.29, 1.82) is 0 Å². The molecule has 0 spiro atoms. The fourth-order valence-electron chi connectivity index (χ4n) is 8.97.